The summed E-state index contributed by atoms with van der Waals surface area (Å²) in [7, 11) is 3.33. The van der Waals surface area contributed by atoms with Crippen LogP contribution in [0.1, 0.15) is 16.7 Å². The molecule has 2 aromatic carbocycles. The molecule has 0 aliphatic carbocycles. The summed E-state index contributed by atoms with van der Waals surface area (Å²) < 4.78 is 44.4. The second-order valence-corrected chi connectivity index (χ2v) is 5.93. The molecule has 0 saturated carbocycles. The Morgan fingerprint density at radius 2 is 1.57 bits per heavy atom. The number of halogens is 4. The number of alkyl halides is 3. The van der Waals surface area contributed by atoms with Crippen LogP contribution < -0.4 is 9.64 Å². The van der Waals surface area contributed by atoms with Crippen molar-refractivity contribution in [3.05, 3.63) is 52.0 Å². The SMILES string of the molecule is Cc1cc(Oc2ccc(C(F)(F)F)cc2N(C)C)cc(C)c1Cl. The molecule has 2 nitrogen and oxygen atoms in total. The smallest absolute Gasteiger partial charge is 0.416 e. The highest BCUT2D eigenvalue weighted by molar-refractivity contribution is 6.32. The number of hydrogen-bond donors (Lipinski definition) is 0. The minimum Gasteiger partial charge on any atom is -0.455 e. The zero-order chi connectivity index (χ0) is 17.4. The minimum absolute atomic E-state index is 0.351. The molecule has 0 amide bonds. The summed E-state index contributed by atoms with van der Waals surface area (Å²) in [4.78, 5) is 1.58. The fourth-order valence-electron chi connectivity index (χ4n) is 2.22. The Hall–Kier alpha value is -1.88. The Kier molecular flexibility index (Phi) is 4.80. The Labute approximate surface area is 138 Å². The summed E-state index contributed by atoms with van der Waals surface area (Å²) in [6, 6.07) is 6.93. The molecule has 2 rings (SSSR count). The lowest BCUT2D eigenvalue weighted by Gasteiger charge is -2.20. The summed E-state index contributed by atoms with van der Waals surface area (Å²) in [5, 5.41) is 0.651. The van der Waals surface area contributed by atoms with Gasteiger partial charge in [-0.15, -0.1) is 0 Å². The van der Waals surface area contributed by atoms with Crippen molar-refractivity contribution < 1.29 is 17.9 Å². The lowest BCUT2D eigenvalue weighted by Crippen LogP contribution is -2.12. The molecule has 0 radical (unpaired) electrons. The van der Waals surface area contributed by atoms with Gasteiger partial charge in [-0.3, -0.25) is 0 Å². The number of hydrogen-bond acceptors (Lipinski definition) is 2. The van der Waals surface area contributed by atoms with E-state index in [0.717, 1.165) is 23.3 Å². The fraction of sp³-hybridized carbons (Fsp3) is 0.294. The fourth-order valence-corrected chi connectivity index (χ4v) is 2.33. The summed E-state index contributed by atoms with van der Waals surface area (Å²) >= 11 is 6.12. The van der Waals surface area contributed by atoms with Gasteiger partial charge < -0.3 is 9.64 Å². The maximum atomic E-state index is 12.9. The van der Waals surface area contributed by atoms with Gasteiger partial charge in [-0.05, 0) is 55.3 Å². The summed E-state index contributed by atoms with van der Waals surface area (Å²) in [6.07, 6.45) is -4.39. The third-order valence-corrected chi connectivity index (χ3v) is 4.00. The van der Waals surface area contributed by atoms with Crippen LogP contribution >= 0.6 is 11.6 Å². The van der Waals surface area contributed by atoms with Crippen LogP contribution in [0.3, 0.4) is 0 Å². The van der Waals surface area contributed by atoms with Gasteiger partial charge in [0.2, 0.25) is 0 Å². The van der Waals surface area contributed by atoms with Gasteiger partial charge in [0.1, 0.15) is 5.75 Å². The molecule has 0 aliphatic rings. The predicted octanol–water partition coefficient (Wildman–Crippen LogP) is 5.83. The molecule has 0 atom stereocenters. The number of ether oxygens (including phenoxy) is 1. The van der Waals surface area contributed by atoms with E-state index in [9.17, 15) is 13.2 Å². The van der Waals surface area contributed by atoms with Crippen molar-refractivity contribution in [2.45, 2.75) is 20.0 Å². The molecule has 124 valence electrons. The lowest BCUT2D eigenvalue weighted by molar-refractivity contribution is -0.137. The Morgan fingerprint density at radius 3 is 2.04 bits per heavy atom. The van der Waals surface area contributed by atoms with E-state index in [1.807, 2.05) is 13.8 Å². The molecule has 2 aromatic rings. The molecular formula is C17H17ClF3NO. The van der Waals surface area contributed by atoms with Gasteiger partial charge in [0.25, 0.3) is 0 Å². The van der Waals surface area contributed by atoms with E-state index in [2.05, 4.69) is 0 Å². The second-order valence-electron chi connectivity index (χ2n) is 5.55. The van der Waals surface area contributed by atoms with Gasteiger partial charge in [0, 0.05) is 19.1 Å². The number of aryl methyl sites for hydroxylation is 2. The maximum Gasteiger partial charge on any atom is 0.416 e. The van der Waals surface area contributed by atoms with Crippen LogP contribution in [-0.2, 0) is 6.18 Å². The van der Waals surface area contributed by atoms with Crippen LogP contribution in [0.4, 0.5) is 18.9 Å². The van der Waals surface area contributed by atoms with Crippen molar-refractivity contribution >= 4 is 17.3 Å². The monoisotopic (exact) mass is 343 g/mol. The van der Waals surface area contributed by atoms with Crippen LogP contribution in [0.5, 0.6) is 11.5 Å². The Balaban J connectivity index is 2.44. The number of benzene rings is 2. The van der Waals surface area contributed by atoms with E-state index in [1.54, 1.807) is 31.1 Å². The third kappa shape index (κ3) is 3.91. The van der Waals surface area contributed by atoms with Crippen LogP contribution in [0.25, 0.3) is 0 Å². The summed E-state index contributed by atoms with van der Waals surface area (Å²) in [5.41, 5.74) is 1.34. The predicted molar refractivity (Wildman–Crippen MR) is 86.8 cm³/mol. The standard InChI is InChI=1S/C17H17ClF3NO/c1-10-7-13(8-11(2)16(10)18)23-15-6-5-12(17(19,20)21)9-14(15)22(3)4/h5-9H,1-4H3. The normalized spacial score (nSPS) is 11.5. The Bertz CT molecular complexity index is 703. The van der Waals surface area contributed by atoms with Crippen molar-refractivity contribution in [1.82, 2.24) is 0 Å². The van der Waals surface area contributed by atoms with Gasteiger partial charge in [-0.1, -0.05) is 11.6 Å². The van der Waals surface area contributed by atoms with E-state index in [0.29, 0.717) is 22.2 Å². The number of rotatable bonds is 3. The zero-order valence-electron chi connectivity index (χ0n) is 13.3. The average Bonchev–Trinajstić information content (AvgIpc) is 2.43. The zero-order valence-corrected chi connectivity index (χ0v) is 14.0. The quantitative estimate of drug-likeness (QED) is 0.694. The second kappa shape index (κ2) is 6.32. The highest BCUT2D eigenvalue weighted by Crippen LogP contribution is 2.38. The molecule has 23 heavy (non-hydrogen) atoms. The Morgan fingerprint density at radius 1 is 1.00 bits per heavy atom. The largest absolute Gasteiger partial charge is 0.455 e. The summed E-state index contributed by atoms with van der Waals surface area (Å²) in [6.45, 7) is 3.70. The van der Waals surface area contributed by atoms with Crippen molar-refractivity contribution in [1.29, 1.82) is 0 Å². The summed E-state index contributed by atoms with van der Waals surface area (Å²) in [5.74, 6) is 0.886. The van der Waals surface area contributed by atoms with Gasteiger partial charge in [-0.25, -0.2) is 0 Å². The maximum absolute atomic E-state index is 12.9. The molecular weight excluding hydrogens is 327 g/mol. The molecule has 0 bridgehead atoms. The van der Waals surface area contributed by atoms with Crippen molar-refractivity contribution in [2.75, 3.05) is 19.0 Å². The average molecular weight is 344 g/mol. The topological polar surface area (TPSA) is 12.5 Å². The molecule has 0 fully saturated rings. The third-order valence-electron chi connectivity index (χ3n) is 3.41. The van der Waals surface area contributed by atoms with Crippen molar-refractivity contribution in [2.24, 2.45) is 0 Å². The molecule has 0 spiro atoms. The highest BCUT2D eigenvalue weighted by Gasteiger charge is 2.31. The van der Waals surface area contributed by atoms with E-state index in [-0.39, 0.29) is 0 Å². The first-order valence-corrected chi connectivity index (χ1v) is 7.30. The van der Waals surface area contributed by atoms with Crippen LogP contribution in [-0.4, -0.2) is 14.1 Å². The molecule has 0 aromatic heterocycles. The number of anilines is 1. The van der Waals surface area contributed by atoms with Crippen LogP contribution in [0, 0.1) is 13.8 Å². The highest BCUT2D eigenvalue weighted by atomic mass is 35.5. The first kappa shape index (κ1) is 17.5. The van der Waals surface area contributed by atoms with E-state index >= 15 is 0 Å². The van der Waals surface area contributed by atoms with E-state index in [1.165, 1.54) is 6.07 Å². The minimum atomic E-state index is -4.39. The first-order valence-electron chi connectivity index (χ1n) is 6.92. The molecule has 0 heterocycles. The first-order chi connectivity index (χ1) is 10.6. The van der Waals surface area contributed by atoms with Gasteiger partial charge in [0.05, 0.1) is 11.3 Å². The van der Waals surface area contributed by atoms with Crippen molar-refractivity contribution in [3.8, 4) is 11.5 Å². The van der Waals surface area contributed by atoms with E-state index < -0.39 is 11.7 Å². The molecule has 0 aliphatic heterocycles. The van der Waals surface area contributed by atoms with Gasteiger partial charge in [-0.2, -0.15) is 13.2 Å². The van der Waals surface area contributed by atoms with Crippen LogP contribution in [0.15, 0.2) is 30.3 Å². The molecule has 6 heteroatoms. The lowest BCUT2D eigenvalue weighted by atomic mass is 10.1. The molecule has 0 N–H and O–H groups in total. The van der Waals surface area contributed by atoms with E-state index in [4.69, 9.17) is 16.3 Å². The molecule has 0 unspecified atom stereocenters. The van der Waals surface area contributed by atoms with Crippen molar-refractivity contribution in [3.63, 3.8) is 0 Å². The molecule has 0 saturated heterocycles. The number of nitrogens with zero attached hydrogens (tertiary/aromatic N) is 1. The van der Waals surface area contributed by atoms with Gasteiger partial charge >= 0.3 is 6.18 Å². The van der Waals surface area contributed by atoms with Crippen LogP contribution in [0.2, 0.25) is 5.02 Å². The van der Waals surface area contributed by atoms with Gasteiger partial charge in [0.15, 0.2) is 5.75 Å².